The molecule has 0 radical (unpaired) electrons. The molecule has 1 atom stereocenters. The lowest BCUT2D eigenvalue weighted by Gasteiger charge is -2.12. The van der Waals surface area contributed by atoms with Gasteiger partial charge < -0.3 is 14.8 Å². The Morgan fingerprint density at radius 1 is 1.53 bits per heavy atom. The molecule has 94 valence electrons. The van der Waals surface area contributed by atoms with Crippen LogP contribution in [0.15, 0.2) is 12.4 Å². The molecule has 1 aromatic heterocycles. The van der Waals surface area contributed by atoms with Crippen LogP contribution in [0.2, 0.25) is 0 Å². The van der Waals surface area contributed by atoms with E-state index in [1.54, 1.807) is 0 Å². The summed E-state index contributed by atoms with van der Waals surface area (Å²) in [6, 6.07) is 1.83. The van der Waals surface area contributed by atoms with E-state index < -0.39 is 0 Å². The van der Waals surface area contributed by atoms with Crippen LogP contribution in [-0.2, 0) is 4.74 Å². The van der Waals surface area contributed by atoms with Gasteiger partial charge in [0.2, 0.25) is 5.88 Å². The zero-order valence-corrected chi connectivity index (χ0v) is 10.3. The van der Waals surface area contributed by atoms with E-state index in [2.05, 4.69) is 15.3 Å². The fraction of sp³-hybridized carbons (Fsp3) is 0.667. The number of rotatable bonds is 5. The summed E-state index contributed by atoms with van der Waals surface area (Å²) in [6.45, 7) is 6.56. The smallest absolute Gasteiger partial charge is 0.218 e. The predicted molar refractivity (Wildman–Crippen MR) is 65.2 cm³/mol. The molecule has 1 fully saturated rings. The van der Waals surface area contributed by atoms with E-state index in [-0.39, 0.29) is 6.10 Å². The van der Waals surface area contributed by atoms with Gasteiger partial charge in [-0.15, -0.1) is 0 Å². The molecule has 1 unspecified atom stereocenters. The lowest BCUT2D eigenvalue weighted by molar-refractivity contribution is 0.187. The number of nitrogens with zero attached hydrogens (tertiary/aromatic N) is 2. The van der Waals surface area contributed by atoms with Gasteiger partial charge in [-0.3, -0.25) is 0 Å². The first-order valence-electron chi connectivity index (χ1n) is 6.04. The average molecular weight is 237 g/mol. The highest BCUT2D eigenvalue weighted by atomic mass is 16.5. The van der Waals surface area contributed by atoms with E-state index in [0.717, 1.165) is 32.0 Å². The summed E-state index contributed by atoms with van der Waals surface area (Å²) in [5.41, 5.74) is 0. The molecule has 2 heterocycles. The molecule has 0 aliphatic carbocycles. The molecular weight excluding hydrogens is 218 g/mol. The van der Waals surface area contributed by atoms with Gasteiger partial charge >= 0.3 is 0 Å². The van der Waals surface area contributed by atoms with Gasteiger partial charge in [0.25, 0.3) is 0 Å². The van der Waals surface area contributed by atoms with Crippen molar-refractivity contribution in [3.8, 4) is 5.88 Å². The molecule has 0 aromatic carbocycles. The number of nitrogens with one attached hydrogen (secondary N) is 1. The van der Waals surface area contributed by atoms with Gasteiger partial charge in [0.15, 0.2) is 0 Å². The molecule has 1 saturated heterocycles. The second-order valence-corrected chi connectivity index (χ2v) is 4.52. The van der Waals surface area contributed by atoms with Crippen LogP contribution in [0.1, 0.15) is 20.3 Å². The Morgan fingerprint density at radius 2 is 2.41 bits per heavy atom. The van der Waals surface area contributed by atoms with Gasteiger partial charge in [0, 0.05) is 25.1 Å². The highest BCUT2D eigenvalue weighted by Gasteiger charge is 2.15. The van der Waals surface area contributed by atoms with E-state index in [9.17, 15) is 0 Å². The van der Waals surface area contributed by atoms with Crippen LogP contribution in [0.25, 0.3) is 0 Å². The van der Waals surface area contributed by atoms with Crippen LogP contribution in [0, 0.1) is 5.92 Å². The second kappa shape index (κ2) is 5.82. The summed E-state index contributed by atoms with van der Waals surface area (Å²) >= 11 is 0. The van der Waals surface area contributed by atoms with Crippen LogP contribution >= 0.6 is 0 Å². The van der Waals surface area contributed by atoms with E-state index >= 15 is 0 Å². The number of hydrogen-bond acceptors (Lipinski definition) is 5. The van der Waals surface area contributed by atoms with Gasteiger partial charge in [-0.05, 0) is 20.3 Å². The molecular formula is C12H19N3O2. The zero-order valence-electron chi connectivity index (χ0n) is 10.3. The lowest BCUT2D eigenvalue weighted by atomic mass is 10.1. The highest BCUT2D eigenvalue weighted by molar-refractivity contribution is 5.37. The molecule has 0 spiro atoms. The van der Waals surface area contributed by atoms with Gasteiger partial charge in [-0.25, -0.2) is 9.97 Å². The Kier molecular flexibility index (Phi) is 4.14. The minimum absolute atomic E-state index is 0.126. The quantitative estimate of drug-likeness (QED) is 0.845. The fourth-order valence-corrected chi connectivity index (χ4v) is 1.74. The van der Waals surface area contributed by atoms with Crippen molar-refractivity contribution in [3.63, 3.8) is 0 Å². The topological polar surface area (TPSA) is 56.3 Å². The molecule has 5 heteroatoms. The van der Waals surface area contributed by atoms with E-state index in [4.69, 9.17) is 9.47 Å². The van der Waals surface area contributed by atoms with Crippen LogP contribution in [0.3, 0.4) is 0 Å². The Labute approximate surface area is 102 Å². The van der Waals surface area contributed by atoms with Gasteiger partial charge in [0.05, 0.1) is 12.7 Å². The van der Waals surface area contributed by atoms with Gasteiger partial charge in [0.1, 0.15) is 12.1 Å². The number of ether oxygens (including phenoxy) is 2. The van der Waals surface area contributed by atoms with Crippen LogP contribution in [0.4, 0.5) is 5.82 Å². The van der Waals surface area contributed by atoms with Crippen molar-refractivity contribution in [1.29, 1.82) is 0 Å². The zero-order chi connectivity index (χ0) is 12.1. The van der Waals surface area contributed by atoms with Crippen molar-refractivity contribution in [2.24, 2.45) is 5.92 Å². The van der Waals surface area contributed by atoms with Crippen LogP contribution in [0.5, 0.6) is 5.88 Å². The SMILES string of the molecule is CC(C)Oc1cc(NCC2CCOC2)ncn1. The third-order valence-corrected chi connectivity index (χ3v) is 2.59. The Bertz CT molecular complexity index is 351. The standard InChI is InChI=1S/C12H19N3O2/c1-9(2)17-12-5-11(14-8-15-12)13-6-10-3-4-16-7-10/h5,8-10H,3-4,6-7H2,1-2H3,(H,13,14,15). The summed E-state index contributed by atoms with van der Waals surface area (Å²) in [4.78, 5) is 8.23. The van der Waals surface area contributed by atoms with Gasteiger partial charge in [-0.1, -0.05) is 0 Å². The molecule has 2 rings (SSSR count). The predicted octanol–water partition coefficient (Wildman–Crippen LogP) is 1.71. The maximum absolute atomic E-state index is 5.51. The first kappa shape index (κ1) is 12.1. The molecule has 0 amide bonds. The molecule has 0 bridgehead atoms. The largest absolute Gasteiger partial charge is 0.475 e. The summed E-state index contributed by atoms with van der Waals surface area (Å²) in [5.74, 6) is 2.00. The number of aromatic nitrogens is 2. The third-order valence-electron chi connectivity index (χ3n) is 2.59. The fourth-order valence-electron chi connectivity index (χ4n) is 1.74. The monoisotopic (exact) mass is 237 g/mol. The molecule has 1 aromatic rings. The molecule has 0 saturated carbocycles. The van der Waals surface area contributed by atoms with E-state index in [1.165, 1.54) is 6.33 Å². The van der Waals surface area contributed by atoms with Crippen molar-refractivity contribution in [3.05, 3.63) is 12.4 Å². The van der Waals surface area contributed by atoms with Crippen molar-refractivity contribution in [2.75, 3.05) is 25.1 Å². The van der Waals surface area contributed by atoms with E-state index in [0.29, 0.717) is 11.8 Å². The highest BCUT2D eigenvalue weighted by Crippen LogP contribution is 2.15. The van der Waals surface area contributed by atoms with E-state index in [1.807, 2.05) is 19.9 Å². The van der Waals surface area contributed by atoms with Crippen molar-refractivity contribution in [1.82, 2.24) is 9.97 Å². The normalized spacial score (nSPS) is 19.6. The van der Waals surface area contributed by atoms with Crippen LogP contribution < -0.4 is 10.1 Å². The molecule has 17 heavy (non-hydrogen) atoms. The molecule has 1 N–H and O–H groups in total. The minimum Gasteiger partial charge on any atom is -0.475 e. The van der Waals surface area contributed by atoms with Crippen molar-refractivity contribution < 1.29 is 9.47 Å². The summed E-state index contributed by atoms with van der Waals surface area (Å²) in [6.07, 6.45) is 2.76. The summed E-state index contributed by atoms with van der Waals surface area (Å²) in [7, 11) is 0. The second-order valence-electron chi connectivity index (χ2n) is 4.52. The van der Waals surface area contributed by atoms with Crippen LogP contribution in [-0.4, -0.2) is 35.8 Å². The Balaban J connectivity index is 1.86. The minimum atomic E-state index is 0.126. The average Bonchev–Trinajstić information content (AvgIpc) is 2.79. The Hall–Kier alpha value is -1.36. The maximum Gasteiger partial charge on any atom is 0.218 e. The number of anilines is 1. The van der Waals surface area contributed by atoms with Crippen molar-refractivity contribution in [2.45, 2.75) is 26.4 Å². The third kappa shape index (κ3) is 3.85. The Morgan fingerprint density at radius 3 is 3.12 bits per heavy atom. The maximum atomic E-state index is 5.51. The molecule has 1 aliphatic rings. The summed E-state index contributed by atoms with van der Waals surface area (Å²) < 4.78 is 10.8. The lowest BCUT2D eigenvalue weighted by Crippen LogP contribution is -2.15. The first-order valence-corrected chi connectivity index (χ1v) is 6.04. The molecule has 1 aliphatic heterocycles. The van der Waals surface area contributed by atoms with Gasteiger partial charge in [-0.2, -0.15) is 0 Å². The number of hydrogen-bond donors (Lipinski definition) is 1. The summed E-state index contributed by atoms with van der Waals surface area (Å²) in [5, 5.41) is 3.29. The first-order chi connectivity index (χ1) is 8.24. The molecule has 5 nitrogen and oxygen atoms in total. The van der Waals surface area contributed by atoms with Crippen molar-refractivity contribution >= 4 is 5.82 Å².